The number of piperazine rings is 1. The minimum atomic E-state index is -0.870. The Hall–Kier alpha value is -4.14. The Bertz CT molecular complexity index is 1610. The minimum Gasteiger partial charge on any atom is -0.494 e. The number of ether oxygens (including phenoxy) is 1. The molecule has 0 saturated carbocycles. The number of carbonyl (C=O) groups excluding carboxylic acids is 1. The molecule has 6 rings (SSSR count). The Labute approximate surface area is 276 Å². The molecule has 1 aliphatic rings. The van der Waals surface area contributed by atoms with Crippen LogP contribution >= 0.6 is 24.8 Å². The number of hydrogen-bond donors (Lipinski definition) is 2. The van der Waals surface area contributed by atoms with Crippen LogP contribution in [-0.4, -0.2) is 57.7 Å². The van der Waals surface area contributed by atoms with Crippen LogP contribution in [0.4, 0.5) is 0 Å². The predicted octanol–water partition coefficient (Wildman–Crippen LogP) is 6.60. The average molecular weight is 646 g/mol. The monoisotopic (exact) mass is 644 g/mol. The summed E-state index contributed by atoms with van der Waals surface area (Å²) in [4.78, 5) is 21.1. The number of hydrogen-bond acceptors (Lipinski definition) is 5. The first-order chi connectivity index (χ1) is 21.2. The van der Waals surface area contributed by atoms with Crippen LogP contribution in [0.1, 0.15) is 40.2 Å². The van der Waals surface area contributed by atoms with E-state index in [1.807, 2.05) is 131 Å². The zero-order chi connectivity index (χ0) is 29.4. The number of nitrogens with zero attached hydrogens (tertiary/aromatic N) is 3. The number of halogens is 2. The molecule has 0 aliphatic carbocycles. The highest BCUT2D eigenvalue weighted by atomic mass is 35.5. The van der Waals surface area contributed by atoms with E-state index in [4.69, 9.17) is 9.72 Å². The molecule has 0 radical (unpaired) electrons. The number of carbonyl (C=O) groups is 1. The molecule has 2 heterocycles. The fourth-order valence-electron chi connectivity index (χ4n) is 5.84. The molecule has 2 N–H and O–H groups in total. The van der Waals surface area contributed by atoms with Crippen molar-refractivity contribution in [3.8, 4) is 17.0 Å². The third kappa shape index (κ3) is 7.75. The maximum atomic E-state index is 14.4. The number of rotatable bonds is 10. The molecule has 9 heteroatoms. The molecule has 1 aromatic heterocycles. The van der Waals surface area contributed by atoms with Gasteiger partial charge in [0.15, 0.2) is 5.69 Å². The first kappa shape index (κ1) is 33.7. The molecule has 7 nitrogen and oxygen atoms in total. The summed E-state index contributed by atoms with van der Waals surface area (Å²) in [6.07, 6.45) is 1.52. The van der Waals surface area contributed by atoms with Gasteiger partial charge in [-0.05, 0) is 23.3 Å². The van der Waals surface area contributed by atoms with Crippen molar-refractivity contribution in [1.29, 1.82) is 0 Å². The molecule has 0 unspecified atom stereocenters. The van der Waals surface area contributed by atoms with Crippen molar-refractivity contribution in [3.05, 3.63) is 144 Å². The summed E-state index contributed by atoms with van der Waals surface area (Å²) < 4.78 is 7.94. The number of imidazole rings is 1. The van der Waals surface area contributed by atoms with E-state index in [1.165, 1.54) is 0 Å². The van der Waals surface area contributed by atoms with Crippen molar-refractivity contribution in [2.24, 2.45) is 0 Å². The minimum absolute atomic E-state index is 0. The lowest BCUT2D eigenvalue weighted by Gasteiger charge is -2.36. The molecule has 1 fully saturated rings. The van der Waals surface area contributed by atoms with Crippen molar-refractivity contribution < 1.29 is 14.6 Å². The first-order valence-corrected chi connectivity index (χ1v) is 14.8. The molecule has 45 heavy (non-hydrogen) atoms. The van der Waals surface area contributed by atoms with Crippen LogP contribution in [-0.2, 0) is 0 Å². The van der Waals surface area contributed by atoms with E-state index in [1.54, 1.807) is 6.33 Å². The lowest BCUT2D eigenvalue weighted by Crippen LogP contribution is -2.54. The number of benzene rings is 4. The van der Waals surface area contributed by atoms with Gasteiger partial charge in [0.05, 0.1) is 24.7 Å². The van der Waals surface area contributed by atoms with E-state index in [-0.39, 0.29) is 36.8 Å². The number of aliphatic hydroxyl groups excluding tert-OH is 1. The number of aromatic nitrogens is 2. The van der Waals surface area contributed by atoms with Gasteiger partial charge in [-0.1, -0.05) is 109 Å². The average Bonchev–Trinajstić information content (AvgIpc) is 3.51. The van der Waals surface area contributed by atoms with Gasteiger partial charge in [0.1, 0.15) is 11.9 Å². The second kappa shape index (κ2) is 16.3. The summed E-state index contributed by atoms with van der Waals surface area (Å²) in [5.41, 5.74) is 3.64. The van der Waals surface area contributed by atoms with Gasteiger partial charge in [-0.2, -0.15) is 0 Å². The van der Waals surface area contributed by atoms with Crippen LogP contribution in [0.3, 0.4) is 0 Å². The standard InChI is InChI=1S/C36H36N4O3.2ClH/c41-35(29-17-9-3-10-18-29)34(28-15-7-2-8-16-28)40-26-38-32(33(40)27-13-5-1-6-14-27)36(42)39-23-22-37-25-30(39)21-24-43-31-19-11-4-12-20-31;;/h1-20,26,30,34-35,37,41H,21-25H2;2*1H/t30-,34+,35-;;/m1../s1. The fourth-order valence-corrected chi connectivity index (χ4v) is 5.84. The molecule has 0 bridgehead atoms. The summed E-state index contributed by atoms with van der Waals surface area (Å²) in [5, 5.41) is 15.3. The molecule has 1 amide bonds. The van der Waals surface area contributed by atoms with Crippen molar-refractivity contribution in [3.63, 3.8) is 0 Å². The van der Waals surface area contributed by atoms with E-state index >= 15 is 0 Å². The third-order valence-electron chi connectivity index (χ3n) is 8.00. The summed E-state index contributed by atoms with van der Waals surface area (Å²) >= 11 is 0. The number of amides is 1. The lowest BCUT2D eigenvalue weighted by atomic mass is 9.94. The zero-order valence-corrected chi connectivity index (χ0v) is 26.4. The highest BCUT2D eigenvalue weighted by molar-refractivity contribution is 5.98. The van der Waals surface area contributed by atoms with E-state index in [2.05, 4.69) is 5.32 Å². The van der Waals surface area contributed by atoms with Gasteiger partial charge in [0.25, 0.3) is 5.91 Å². The smallest absolute Gasteiger partial charge is 0.275 e. The SMILES string of the molecule is Cl.Cl.O=C(c1ncn([C@@H](c2ccccc2)[C@H](O)c2ccccc2)c1-c1ccccc1)N1CCNC[C@H]1CCOc1ccccc1. The topological polar surface area (TPSA) is 79.6 Å². The van der Waals surface area contributed by atoms with E-state index in [9.17, 15) is 9.90 Å². The molecule has 4 aromatic carbocycles. The quantitative estimate of drug-likeness (QED) is 0.179. The molecule has 5 aromatic rings. The second-order valence-corrected chi connectivity index (χ2v) is 10.7. The second-order valence-electron chi connectivity index (χ2n) is 10.7. The van der Waals surface area contributed by atoms with Gasteiger partial charge in [-0.15, -0.1) is 24.8 Å². The molecular formula is C36H38Cl2N4O3. The van der Waals surface area contributed by atoms with E-state index in [0.29, 0.717) is 44.0 Å². The lowest BCUT2D eigenvalue weighted by molar-refractivity contribution is 0.0601. The molecule has 234 valence electrons. The maximum Gasteiger partial charge on any atom is 0.275 e. The Morgan fingerprint density at radius 3 is 2.07 bits per heavy atom. The van der Waals surface area contributed by atoms with Crippen molar-refractivity contribution in [1.82, 2.24) is 19.8 Å². The van der Waals surface area contributed by atoms with Crippen LogP contribution in [0.25, 0.3) is 11.3 Å². The van der Waals surface area contributed by atoms with E-state index < -0.39 is 12.1 Å². The fraction of sp³-hybridized carbons (Fsp3) is 0.222. The van der Waals surface area contributed by atoms with Gasteiger partial charge in [0, 0.05) is 37.7 Å². The molecule has 1 aliphatic heterocycles. The summed E-state index contributed by atoms with van der Waals surface area (Å²) in [6, 6.07) is 38.6. The van der Waals surface area contributed by atoms with Crippen LogP contribution in [0.15, 0.2) is 128 Å². The Balaban J connectivity index is 0.00000230. The summed E-state index contributed by atoms with van der Waals surface area (Å²) in [6.45, 7) is 2.47. The third-order valence-corrected chi connectivity index (χ3v) is 8.00. The zero-order valence-electron chi connectivity index (χ0n) is 24.8. The highest BCUT2D eigenvalue weighted by Crippen LogP contribution is 2.37. The Morgan fingerprint density at radius 1 is 0.844 bits per heavy atom. The van der Waals surface area contributed by atoms with Crippen molar-refractivity contribution in [2.45, 2.75) is 24.6 Å². The van der Waals surface area contributed by atoms with Gasteiger partial charge < -0.3 is 24.6 Å². The van der Waals surface area contributed by atoms with Crippen LogP contribution < -0.4 is 10.1 Å². The molecule has 3 atom stereocenters. The molecule has 0 spiro atoms. The number of nitrogens with one attached hydrogen (secondary N) is 1. The van der Waals surface area contributed by atoms with Gasteiger partial charge in [-0.25, -0.2) is 4.98 Å². The molecule has 1 saturated heterocycles. The van der Waals surface area contributed by atoms with Gasteiger partial charge in [-0.3, -0.25) is 4.79 Å². The van der Waals surface area contributed by atoms with Crippen molar-refractivity contribution in [2.75, 3.05) is 26.2 Å². The predicted molar refractivity (Wildman–Crippen MR) is 182 cm³/mol. The van der Waals surface area contributed by atoms with E-state index in [0.717, 1.165) is 22.4 Å². The van der Waals surface area contributed by atoms with Crippen LogP contribution in [0.5, 0.6) is 5.75 Å². The van der Waals surface area contributed by atoms with Crippen LogP contribution in [0.2, 0.25) is 0 Å². The normalized spacial score (nSPS) is 15.7. The largest absolute Gasteiger partial charge is 0.494 e. The molecular weight excluding hydrogens is 607 g/mol. The summed E-state index contributed by atoms with van der Waals surface area (Å²) in [7, 11) is 0. The van der Waals surface area contributed by atoms with Gasteiger partial charge in [0.2, 0.25) is 0 Å². The Kier molecular flexibility index (Phi) is 12.2. The summed E-state index contributed by atoms with van der Waals surface area (Å²) in [5.74, 6) is 0.697. The van der Waals surface area contributed by atoms with Gasteiger partial charge >= 0.3 is 0 Å². The highest BCUT2D eigenvalue weighted by Gasteiger charge is 2.34. The Morgan fingerprint density at radius 2 is 1.42 bits per heavy atom. The maximum absolute atomic E-state index is 14.4. The number of para-hydroxylation sites is 1. The number of aliphatic hydroxyl groups is 1. The first-order valence-electron chi connectivity index (χ1n) is 14.8. The van der Waals surface area contributed by atoms with Crippen LogP contribution in [0, 0.1) is 0 Å². The van der Waals surface area contributed by atoms with Crippen molar-refractivity contribution >= 4 is 30.7 Å².